The Balaban J connectivity index is 1.82. The Hall–Kier alpha value is -2.79. The summed E-state index contributed by atoms with van der Waals surface area (Å²) in [6.45, 7) is 3.97. The number of benzene rings is 2. The van der Waals surface area contributed by atoms with Gasteiger partial charge in [0.1, 0.15) is 5.82 Å². The number of nitrogens with zero attached hydrogens (tertiary/aromatic N) is 3. The molecule has 1 aromatic heterocycles. The highest BCUT2D eigenvalue weighted by molar-refractivity contribution is 6.30. The van der Waals surface area contributed by atoms with Crippen molar-refractivity contribution >= 4 is 40.4 Å². The monoisotopic (exact) mass is 367 g/mol. The second-order valence-corrected chi connectivity index (χ2v) is 6.81. The van der Waals surface area contributed by atoms with Gasteiger partial charge in [0.05, 0.1) is 0 Å². The number of aromatic nitrogens is 2. The number of rotatable bonds is 5. The molecule has 0 radical (unpaired) electrons. The summed E-state index contributed by atoms with van der Waals surface area (Å²) in [7, 11) is 4.03. The normalized spacial score (nSPS) is 10.5. The number of nitrogens with one attached hydrogen (secondary N) is 2. The molecule has 0 saturated heterocycles. The highest BCUT2D eigenvalue weighted by atomic mass is 35.5. The van der Waals surface area contributed by atoms with E-state index in [0.29, 0.717) is 11.0 Å². The molecular weight excluding hydrogens is 346 g/mol. The maximum absolute atomic E-state index is 6.10. The zero-order chi connectivity index (χ0) is 18.7. The molecule has 5 nitrogen and oxygen atoms in total. The van der Waals surface area contributed by atoms with Gasteiger partial charge in [-0.2, -0.15) is 4.98 Å². The standard InChI is InChI=1S/C20H22ClN5/c1-13-5-6-15(21)12-18(13)24-19-11-14(2)22-20(25-19)23-16-7-9-17(10-8-16)26(3)4/h5-12H,1-4H3,(H2,22,23,24,25). The van der Waals surface area contributed by atoms with Crippen molar-refractivity contribution in [3.8, 4) is 0 Å². The summed E-state index contributed by atoms with van der Waals surface area (Å²) in [5.74, 6) is 1.26. The Morgan fingerprint density at radius 1 is 0.885 bits per heavy atom. The molecule has 3 rings (SSSR count). The highest BCUT2D eigenvalue weighted by Gasteiger charge is 2.06. The fourth-order valence-electron chi connectivity index (χ4n) is 2.53. The Bertz CT molecular complexity index is 907. The lowest BCUT2D eigenvalue weighted by Crippen LogP contribution is -2.08. The van der Waals surface area contributed by atoms with Crippen molar-refractivity contribution in [1.82, 2.24) is 9.97 Å². The minimum atomic E-state index is 0.546. The van der Waals surface area contributed by atoms with Gasteiger partial charge in [0.25, 0.3) is 0 Å². The second kappa shape index (κ2) is 7.62. The van der Waals surface area contributed by atoms with Crippen LogP contribution in [0.2, 0.25) is 5.02 Å². The van der Waals surface area contributed by atoms with E-state index in [1.807, 2.05) is 76.5 Å². The van der Waals surface area contributed by atoms with Gasteiger partial charge in [-0.05, 0) is 55.8 Å². The molecule has 0 aliphatic carbocycles. The smallest absolute Gasteiger partial charge is 0.229 e. The molecule has 6 heteroatoms. The lowest BCUT2D eigenvalue weighted by Gasteiger charge is -2.14. The van der Waals surface area contributed by atoms with E-state index in [4.69, 9.17) is 11.6 Å². The van der Waals surface area contributed by atoms with E-state index in [0.717, 1.165) is 34.1 Å². The molecule has 0 unspecified atom stereocenters. The maximum atomic E-state index is 6.10. The Kier molecular flexibility index (Phi) is 5.28. The second-order valence-electron chi connectivity index (χ2n) is 6.37. The summed E-state index contributed by atoms with van der Waals surface area (Å²) in [5, 5.41) is 7.26. The summed E-state index contributed by atoms with van der Waals surface area (Å²) in [6.07, 6.45) is 0. The van der Waals surface area contributed by atoms with Crippen molar-refractivity contribution in [3.05, 3.63) is 64.8 Å². The number of hydrogen-bond acceptors (Lipinski definition) is 5. The predicted octanol–water partition coefficient (Wildman–Crippen LogP) is 5.30. The minimum absolute atomic E-state index is 0.546. The molecular formula is C20H22ClN5. The van der Waals surface area contributed by atoms with E-state index in [1.54, 1.807) is 0 Å². The number of aryl methyl sites for hydroxylation is 2. The average molecular weight is 368 g/mol. The van der Waals surface area contributed by atoms with Crippen LogP contribution in [0, 0.1) is 13.8 Å². The zero-order valence-electron chi connectivity index (χ0n) is 15.3. The van der Waals surface area contributed by atoms with Crippen molar-refractivity contribution in [3.63, 3.8) is 0 Å². The summed E-state index contributed by atoms with van der Waals surface area (Å²) < 4.78 is 0. The number of anilines is 5. The van der Waals surface area contributed by atoms with Gasteiger partial charge in [0.15, 0.2) is 0 Å². The van der Waals surface area contributed by atoms with E-state index in [-0.39, 0.29) is 0 Å². The van der Waals surface area contributed by atoms with E-state index >= 15 is 0 Å². The van der Waals surface area contributed by atoms with Crippen LogP contribution in [0.3, 0.4) is 0 Å². The largest absolute Gasteiger partial charge is 0.378 e. The van der Waals surface area contributed by atoms with Gasteiger partial charge in [0, 0.05) is 47.9 Å². The summed E-state index contributed by atoms with van der Waals surface area (Å²) in [5.41, 5.74) is 4.97. The molecule has 2 aromatic carbocycles. The summed E-state index contributed by atoms with van der Waals surface area (Å²) >= 11 is 6.10. The van der Waals surface area contributed by atoms with Crippen LogP contribution in [-0.2, 0) is 0 Å². The molecule has 26 heavy (non-hydrogen) atoms. The topological polar surface area (TPSA) is 53.1 Å². The molecule has 0 spiro atoms. The zero-order valence-corrected chi connectivity index (χ0v) is 16.1. The van der Waals surface area contributed by atoms with E-state index < -0.39 is 0 Å². The minimum Gasteiger partial charge on any atom is -0.378 e. The molecule has 0 aliphatic rings. The molecule has 1 heterocycles. The molecule has 3 aromatic rings. The van der Waals surface area contributed by atoms with Crippen LogP contribution in [0.15, 0.2) is 48.5 Å². The Morgan fingerprint density at radius 3 is 2.31 bits per heavy atom. The lowest BCUT2D eigenvalue weighted by atomic mass is 10.2. The first kappa shape index (κ1) is 18.0. The van der Waals surface area contributed by atoms with Crippen LogP contribution in [0.4, 0.5) is 28.8 Å². The molecule has 2 N–H and O–H groups in total. The molecule has 134 valence electrons. The van der Waals surface area contributed by atoms with Crippen LogP contribution >= 0.6 is 11.6 Å². The predicted molar refractivity (Wildman–Crippen MR) is 110 cm³/mol. The van der Waals surface area contributed by atoms with Crippen molar-refractivity contribution in [1.29, 1.82) is 0 Å². The molecule has 0 amide bonds. The van der Waals surface area contributed by atoms with Gasteiger partial charge in [-0.3, -0.25) is 0 Å². The van der Waals surface area contributed by atoms with Gasteiger partial charge < -0.3 is 15.5 Å². The van der Waals surface area contributed by atoms with Crippen LogP contribution in [0.5, 0.6) is 0 Å². The molecule has 0 aliphatic heterocycles. The van der Waals surface area contributed by atoms with Crippen molar-refractivity contribution in [2.24, 2.45) is 0 Å². The third kappa shape index (κ3) is 4.43. The molecule has 0 saturated carbocycles. The van der Waals surface area contributed by atoms with Gasteiger partial charge >= 0.3 is 0 Å². The number of halogens is 1. The van der Waals surface area contributed by atoms with Gasteiger partial charge in [-0.1, -0.05) is 17.7 Å². The van der Waals surface area contributed by atoms with E-state index in [9.17, 15) is 0 Å². The maximum Gasteiger partial charge on any atom is 0.229 e. The van der Waals surface area contributed by atoms with Crippen molar-refractivity contribution in [2.45, 2.75) is 13.8 Å². The Morgan fingerprint density at radius 2 is 1.62 bits per heavy atom. The highest BCUT2D eigenvalue weighted by Crippen LogP contribution is 2.25. The average Bonchev–Trinajstić information content (AvgIpc) is 2.58. The van der Waals surface area contributed by atoms with Crippen molar-refractivity contribution < 1.29 is 0 Å². The summed E-state index contributed by atoms with van der Waals surface area (Å²) in [4.78, 5) is 11.1. The van der Waals surface area contributed by atoms with E-state index in [1.165, 1.54) is 0 Å². The van der Waals surface area contributed by atoms with Crippen LogP contribution in [-0.4, -0.2) is 24.1 Å². The van der Waals surface area contributed by atoms with E-state index in [2.05, 4.69) is 25.5 Å². The fraction of sp³-hybridized carbons (Fsp3) is 0.200. The quantitative estimate of drug-likeness (QED) is 0.640. The Labute approximate surface area is 159 Å². The first-order valence-corrected chi connectivity index (χ1v) is 8.72. The molecule has 0 bridgehead atoms. The van der Waals surface area contributed by atoms with Crippen LogP contribution in [0.25, 0.3) is 0 Å². The van der Waals surface area contributed by atoms with Crippen LogP contribution in [0.1, 0.15) is 11.3 Å². The third-order valence-electron chi connectivity index (χ3n) is 3.96. The fourth-order valence-corrected chi connectivity index (χ4v) is 2.70. The first-order valence-electron chi connectivity index (χ1n) is 8.34. The molecule has 0 atom stereocenters. The summed E-state index contributed by atoms with van der Waals surface area (Å²) in [6, 6.07) is 15.8. The van der Waals surface area contributed by atoms with Gasteiger partial charge in [-0.25, -0.2) is 4.98 Å². The lowest BCUT2D eigenvalue weighted by molar-refractivity contribution is 1.10. The van der Waals surface area contributed by atoms with Crippen molar-refractivity contribution in [2.75, 3.05) is 29.6 Å². The third-order valence-corrected chi connectivity index (χ3v) is 4.19. The molecule has 0 fully saturated rings. The SMILES string of the molecule is Cc1cc(Nc2cc(Cl)ccc2C)nc(Nc2ccc(N(C)C)cc2)n1. The first-order chi connectivity index (χ1) is 12.4. The van der Waals surface area contributed by atoms with Crippen LogP contribution < -0.4 is 15.5 Å². The van der Waals surface area contributed by atoms with Gasteiger partial charge in [0.2, 0.25) is 5.95 Å². The number of hydrogen-bond donors (Lipinski definition) is 2. The van der Waals surface area contributed by atoms with Gasteiger partial charge in [-0.15, -0.1) is 0 Å².